The number of carbonyl (C=O) groups excluding carboxylic acids is 2. The summed E-state index contributed by atoms with van der Waals surface area (Å²) in [6, 6.07) is 19.1. The molecule has 8 heteroatoms. The third kappa shape index (κ3) is 4.77. The molecule has 0 bridgehead atoms. The minimum absolute atomic E-state index is 0.179. The molecule has 0 spiro atoms. The number of rotatable bonds is 5. The number of thiophene rings is 1. The van der Waals surface area contributed by atoms with Gasteiger partial charge in [-0.3, -0.25) is 0 Å². The summed E-state index contributed by atoms with van der Waals surface area (Å²) in [5, 5.41) is 4.35. The molecule has 3 heterocycles. The highest BCUT2D eigenvalue weighted by Gasteiger charge is 2.36. The number of anilines is 2. The van der Waals surface area contributed by atoms with Crippen LogP contribution in [0, 0.1) is 0 Å². The van der Waals surface area contributed by atoms with Gasteiger partial charge in [0.05, 0.1) is 30.5 Å². The summed E-state index contributed by atoms with van der Waals surface area (Å²) in [4.78, 5) is 31.7. The SMILES string of the molecule is CCOC(=O)c1ccc(NC(=O)N2Cc3c(sc4c3CCCC4)-n3cccc3C2c2ccc(N(C)C)cc2)cc1. The van der Waals surface area contributed by atoms with Crippen LogP contribution in [0.4, 0.5) is 16.2 Å². The monoisotopic (exact) mass is 554 g/mol. The third-order valence-electron chi connectivity index (χ3n) is 7.81. The molecule has 4 aromatic rings. The molecule has 0 fully saturated rings. The van der Waals surface area contributed by atoms with Crippen LogP contribution < -0.4 is 10.2 Å². The molecule has 206 valence electrons. The quantitative estimate of drug-likeness (QED) is 0.276. The maximum Gasteiger partial charge on any atom is 0.338 e. The van der Waals surface area contributed by atoms with Crippen LogP contribution in [0.5, 0.6) is 0 Å². The van der Waals surface area contributed by atoms with Crippen molar-refractivity contribution < 1.29 is 14.3 Å². The van der Waals surface area contributed by atoms with E-state index >= 15 is 0 Å². The molecule has 2 aromatic carbocycles. The van der Waals surface area contributed by atoms with E-state index in [-0.39, 0.29) is 18.0 Å². The van der Waals surface area contributed by atoms with Gasteiger partial charge in [-0.15, -0.1) is 11.3 Å². The summed E-state index contributed by atoms with van der Waals surface area (Å²) in [5.74, 6) is -0.371. The average molecular weight is 555 g/mol. The van der Waals surface area contributed by atoms with Crippen molar-refractivity contribution in [3.8, 4) is 5.00 Å². The maximum atomic E-state index is 14.1. The van der Waals surface area contributed by atoms with Crippen molar-refractivity contribution in [1.82, 2.24) is 9.47 Å². The Kier molecular flexibility index (Phi) is 7.11. The lowest BCUT2D eigenvalue weighted by molar-refractivity contribution is 0.0526. The van der Waals surface area contributed by atoms with Crippen molar-refractivity contribution in [3.63, 3.8) is 0 Å². The summed E-state index contributed by atoms with van der Waals surface area (Å²) in [6.45, 7) is 2.62. The fourth-order valence-electron chi connectivity index (χ4n) is 5.79. The van der Waals surface area contributed by atoms with Gasteiger partial charge in [0.25, 0.3) is 0 Å². The number of esters is 1. The molecule has 1 aliphatic carbocycles. The van der Waals surface area contributed by atoms with Crippen LogP contribution in [-0.4, -0.2) is 42.2 Å². The number of hydrogen-bond donors (Lipinski definition) is 1. The number of carbonyl (C=O) groups is 2. The molecule has 7 nitrogen and oxygen atoms in total. The molecule has 0 radical (unpaired) electrons. The van der Waals surface area contributed by atoms with E-state index < -0.39 is 0 Å². The van der Waals surface area contributed by atoms with Crippen LogP contribution in [0.1, 0.15) is 63.4 Å². The van der Waals surface area contributed by atoms with Gasteiger partial charge < -0.3 is 24.4 Å². The van der Waals surface area contributed by atoms with E-state index in [9.17, 15) is 9.59 Å². The molecule has 40 heavy (non-hydrogen) atoms. The first kappa shape index (κ1) is 26.2. The van der Waals surface area contributed by atoms with Crippen molar-refractivity contribution in [2.24, 2.45) is 0 Å². The molecule has 1 atom stereocenters. The van der Waals surface area contributed by atoms with Crippen molar-refractivity contribution in [3.05, 3.63) is 99.7 Å². The molecule has 2 amide bonds. The lowest BCUT2D eigenvalue weighted by Crippen LogP contribution is -2.38. The van der Waals surface area contributed by atoms with Crippen LogP contribution >= 0.6 is 11.3 Å². The topological polar surface area (TPSA) is 66.8 Å². The smallest absolute Gasteiger partial charge is 0.338 e. The minimum Gasteiger partial charge on any atom is -0.462 e. The summed E-state index contributed by atoms with van der Waals surface area (Å²) in [5.41, 5.74) is 7.01. The Hall–Kier alpha value is -4.04. The number of aromatic nitrogens is 1. The highest BCUT2D eigenvalue weighted by Crippen LogP contribution is 2.44. The van der Waals surface area contributed by atoms with E-state index in [2.05, 4.69) is 57.4 Å². The Morgan fingerprint density at radius 2 is 1.75 bits per heavy atom. The van der Waals surface area contributed by atoms with Gasteiger partial charge in [-0.1, -0.05) is 12.1 Å². The van der Waals surface area contributed by atoms with Gasteiger partial charge in [-0.2, -0.15) is 0 Å². The zero-order valence-corrected chi connectivity index (χ0v) is 24.0. The molecule has 1 N–H and O–H groups in total. The lowest BCUT2D eigenvalue weighted by atomic mass is 9.95. The summed E-state index contributed by atoms with van der Waals surface area (Å²) >= 11 is 1.88. The molecule has 2 aromatic heterocycles. The molecule has 2 aliphatic rings. The second-order valence-electron chi connectivity index (χ2n) is 10.5. The lowest BCUT2D eigenvalue weighted by Gasteiger charge is -2.31. The van der Waals surface area contributed by atoms with Gasteiger partial charge in [0.15, 0.2) is 0 Å². The molecule has 1 unspecified atom stereocenters. The van der Waals surface area contributed by atoms with E-state index in [1.807, 2.05) is 30.3 Å². The Morgan fingerprint density at radius 3 is 2.48 bits per heavy atom. The zero-order valence-electron chi connectivity index (χ0n) is 23.1. The predicted molar refractivity (Wildman–Crippen MR) is 160 cm³/mol. The van der Waals surface area contributed by atoms with Crippen LogP contribution in [0.2, 0.25) is 0 Å². The van der Waals surface area contributed by atoms with E-state index in [0.29, 0.717) is 24.4 Å². The molecular weight excluding hydrogens is 520 g/mol. The third-order valence-corrected chi connectivity index (χ3v) is 9.15. The predicted octanol–water partition coefficient (Wildman–Crippen LogP) is 6.80. The van der Waals surface area contributed by atoms with Crippen LogP contribution in [0.3, 0.4) is 0 Å². The van der Waals surface area contributed by atoms with Crippen molar-refractivity contribution in [1.29, 1.82) is 0 Å². The van der Waals surface area contributed by atoms with Crippen LogP contribution in [-0.2, 0) is 24.1 Å². The summed E-state index contributed by atoms with van der Waals surface area (Å²) < 4.78 is 7.40. The van der Waals surface area contributed by atoms with Crippen molar-refractivity contribution in [2.45, 2.75) is 45.2 Å². The first-order valence-electron chi connectivity index (χ1n) is 13.9. The maximum absolute atomic E-state index is 14.1. The van der Waals surface area contributed by atoms with E-state index in [0.717, 1.165) is 29.8 Å². The fourth-order valence-corrected chi connectivity index (χ4v) is 7.20. The standard InChI is InChI=1S/C32H34N4O3S/c1-4-39-31(37)22-11-15-23(16-12-22)33-32(38)36-20-26-25-8-5-6-10-28(25)40-30(26)35-19-7-9-27(35)29(36)21-13-17-24(18-14-21)34(2)3/h7,9,11-19,29H,4-6,8,10,20H2,1-3H3,(H,33,38). The largest absolute Gasteiger partial charge is 0.462 e. The number of amides is 2. The molecule has 0 saturated heterocycles. The highest BCUT2D eigenvalue weighted by atomic mass is 32.1. The second-order valence-corrected chi connectivity index (χ2v) is 11.6. The number of hydrogen-bond acceptors (Lipinski definition) is 5. The zero-order chi connectivity index (χ0) is 27.8. The van der Waals surface area contributed by atoms with E-state index in [4.69, 9.17) is 4.74 Å². The van der Waals surface area contributed by atoms with Crippen molar-refractivity contribution >= 4 is 34.7 Å². The van der Waals surface area contributed by atoms with Gasteiger partial charge in [-0.25, -0.2) is 9.59 Å². The molecular formula is C32H34N4O3S. The van der Waals surface area contributed by atoms with Gasteiger partial charge in [0.2, 0.25) is 0 Å². The normalized spacial score (nSPS) is 15.9. The first-order valence-corrected chi connectivity index (χ1v) is 14.7. The number of ether oxygens (including phenoxy) is 1. The number of aryl methyl sites for hydroxylation is 1. The van der Waals surface area contributed by atoms with Crippen LogP contribution in [0.15, 0.2) is 66.9 Å². The van der Waals surface area contributed by atoms with Gasteiger partial charge in [0.1, 0.15) is 5.00 Å². The highest BCUT2D eigenvalue weighted by molar-refractivity contribution is 7.15. The van der Waals surface area contributed by atoms with Gasteiger partial charge in [0, 0.05) is 42.1 Å². The molecule has 1 aliphatic heterocycles. The number of nitrogens with zero attached hydrogens (tertiary/aromatic N) is 3. The molecule has 0 saturated carbocycles. The van der Waals surface area contributed by atoms with Gasteiger partial charge >= 0.3 is 12.0 Å². The van der Waals surface area contributed by atoms with Crippen LogP contribution in [0.25, 0.3) is 5.00 Å². The Labute approximate surface area is 239 Å². The number of urea groups is 1. The number of benzene rings is 2. The summed E-state index contributed by atoms with van der Waals surface area (Å²) in [7, 11) is 4.06. The number of nitrogens with one attached hydrogen (secondary N) is 1. The Balaban J connectivity index is 1.40. The Bertz CT molecular complexity index is 1540. The fraction of sp³-hybridized carbons (Fsp3) is 0.312. The minimum atomic E-state index is -0.371. The van der Waals surface area contributed by atoms with E-state index in [1.165, 1.54) is 33.8 Å². The second kappa shape index (κ2) is 10.8. The van der Waals surface area contributed by atoms with Gasteiger partial charge in [-0.05, 0) is 92.3 Å². The average Bonchev–Trinajstić information content (AvgIpc) is 3.55. The van der Waals surface area contributed by atoms with E-state index in [1.54, 1.807) is 31.2 Å². The molecule has 6 rings (SSSR count). The summed E-state index contributed by atoms with van der Waals surface area (Å²) in [6.07, 6.45) is 6.70. The Morgan fingerprint density at radius 1 is 1.00 bits per heavy atom. The first-order chi connectivity index (χ1) is 19.4. The van der Waals surface area contributed by atoms with Crippen molar-refractivity contribution in [2.75, 3.05) is 30.9 Å². The number of fused-ring (bicyclic) bond motifs is 5.